The monoisotopic (exact) mass is 449 g/mol. The van der Waals surface area contributed by atoms with Gasteiger partial charge in [0.15, 0.2) is 0 Å². The molecule has 0 heterocycles. The summed E-state index contributed by atoms with van der Waals surface area (Å²) in [5.41, 5.74) is 5.73. The first-order valence-electron chi connectivity index (χ1n) is 11.2. The van der Waals surface area contributed by atoms with Gasteiger partial charge in [-0.15, -0.1) is 17.4 Å². The van der Waals surface area contributed by atoms with E-state index in [1.807, 2.05) is 36.4 Å². The molecule has 0 unspecified atom stereocenters. The molecule has 0 bridgehead atoms. The van der Waals surface area contributed by atoms with Crippen LogP contribution >= 0.6 is 0 Å². The third-order valence-corrected chi connectivity index (χ3v) is 9.56. The van der Waals surface area contributed by atoms with Crippen LogP contribution in [0.3, 0.4) is 0 Å². The van der Waals surface area contributed by atoms with Gasteiger partial charge in [-0.3, -0.25) is 0 Å². The van der Waals surface area contributed by atoms with Crippen molar-refractivity contribution in [1.82, 2.24) is 0 Å². The maximum Gasteiger partial charge on any atom is 0.261 e. The second kappa shape index (κ2) is 14.4. The molecule has 0 saturated carbocycles. The smallest absolute Gasteiger partial charge is 0.261 e. The Kier molecular flexibility index (Phi) is 12.7. The van der Waals surface area contributed by atoms with Crippen molar-refractivity contribution in [2.75, 3.05) is 13.2 Å². The summed E-state index contributed by atoms with van der Waals surface area (Å²) in [6, 6.07) is 33.3. The Morgan fingerprint density at radius 1 is 0.677 bits per heavy atom. The molecule has 3 rings (SSSR count). The molecule has 2 nitrogen and oxygen atoms in total. The van der Waals surface area contributed by atoms with E-state index in [0.29, 0.717) is 13.2 Å². The standard InChI is InChI=1S/C18H25NOSi.C6H6.3CH3.Al/c1-18(2,3)21(20-15-14-19,16-10-6-4-7-11-16)17-12-8-5-9-13-17;1-2-4-6-5-3-1;;;;/h4-13H,14-15,19H2,1-3H3;1-6H;3*1H3;. The normalized spacial score (nSPS) is 10.8. The Balaban J connectivity index is 0.000000395. The van der Waals surface area contributed by atoms with Gasteiger partial charge < -0.3 is 10.2 Å². The van der Waals surface area contributed by atoms with Crippen molar-refractivity contribution >= 4 is 32.8 Å². The lowest BCUT2D eigenvalue weighted by Crippen LogP contribution is -2.66. The molecule has 3 aromatic carbocycles. The van der Waals surface area contributed by atoms with Gasteiger partial charge in [0.05, 0.1) is 0 Å². The zero-order valence-corrected chi connectivity index (χ0v) is 22.4. The van der Waals surface area contributed by atoms with E-state index in [4.69, 9.17) is 10.2 Å². The van der Waals surface area contributed by atoms with Crippen LogP contribution in [0.2, 0.25) is 22.4 Å². The highest BCUT2D eigenvalue weighted by molar-refractivity contribution is 6.99. The van der Waals surface area contributed by atoms with Crippen LogP contribution in [0.15, 0.2) is 97.1 Å². The molecule has 0 fully saturated rings. The van der Waals surface area contributed by atoms with Crippen molar-refractivity contribution < 1.29 is 4.43 Å². The van der Waals surface area contributed by atoms with E-state index in [-0.39, 0.29) is 19.2 Å². The third-order valence-electron chi connectivity index (χ3n) is 4.52. The molecule has 0 saturated heterocycles. The fraction of sp³-hybridized carbons (Fsp3) is 0.333. The first-order valence-corrected chi connectivity index (χ1v) is 16.6. The number of benzene rings is 3. The Bertz CT molecular complexity index is 736. The fourth-order valence-corrected chi connectivity index (χ4v) is 7.94. The lowest BCUT2D eigenvalue weighted by atomic mass is 10.2. The summed E-state index contributed by atoms with van der Waals surface area (Å²) in [6.07, 6.45) is 0. The molecule has 0 spiro atoms. The van der Waals surface area contributed by atoms with Crippen LogP contribution < -0.4 is 16.1 Å². The molecule has 3 aromatic rings. The predicted octanol–water partition coefficient (Wildman–Crippen LogP) is 5.58. The summed E-state index contributed by atoms with van der Waals surface area (Å²) in [7, 11) is -2.35. The largest absolute Gasteiger partial charge is 0.406 e. The van der Waals surface area contributed by atoms with E-state index in [0.717, 1.165) is 0 Å². The van der Waals surface area contributed by atoms with Crippen LogP contribution in [-0.4, -0.2) is 35.6 Å². The van der Waals surface area contributed by atoms with Crippen LogP contribution in [0.4, 0.5) is 0 Å². The minimum Gasteiger partial charge on any atom is -0.406 e. The molecule has 0 atom stereocenters. The predicted molar refractivity (Wildman–Crippen MR) is 142 cm³/mol. The van der Waals surface area contributed by atoms with Crippen LogP contribution in [0.1, 0.15) is 20.8 Å². The average Bonchev–Trinajstić information content (AvgIpc) is 2.76. The van der Waals surface area contributed by atoms with Gasteiger partial charge in [-0.1, -0.05) is 118 Å². The molecule has 2 N–H and O–H groups in total. The zero-order valence-electron chi connectivity index (χ0n) is 20.2. The van der Waals surface area contributed by atoms with Crippen molar-refractivity contribution in [3.63, 3.8) is 0 Å². The highest BCUT2D eigenvalue weighted by Gasteiger charge is 2.49. The highest BCUT2D eigenvalue weighted by atomic mass is 28.4. The second-order valence-corrected chi connectivity index (χ2v) is 17.0. The molecule has 4 heteroatoms. The molecule has 0 aliphatic rings. The van der Waals surface area contributed by atoms with Crippen LogP contribution in [0.25, 0.3) is 0 Å². The number of nitrogens with two attached hydrogens (primary N) is 1. The lowest BCUT2D eigenvalue weighted by Gasteiger charge is -2.43. The molecule has 0 aliphatic heterocycles. The molecule has 0 aromatic heterocycles. The Morgan fingerprint density at radius 3 is 1.23 bits per heavy atom. The average molecular weight is 450 g/mol. The summed E-state index contributed by atoms with van der Waals surface area (Å²) < 4.78 is 6.53. The van der Waals surface area contributed by atoms with E-state index in [1.165, 1.54) is 10.4 Å². The van der Waals surface area contributed by atoms with E-state index in [9.17, 15) is 0 Å². The Hall–Kier alpha value is -1.67. The maximum atomic E-state index is 6.53. The zero-order chi connectivity index (χ0) is 23.2. The van der Waals surface area contributed by atoms with E-state index >= 15 is 0 Å². The van der Waals surface area contributed by atoms with Gasteiger partial charge in [-0.05, 0) is 15.4 Å². The highest BCUT2D eigenvalue weighted by Crippen LogP contribution is 2.36. The lowest BCUT2D eigenvalue weighted by molar-refractivity contribution is 0.308. The summed E-state index contributed by atoms with van der Waals surface area (Å²) >= 11 is -0.139. The van der Waals surface area contributed by atoms with E-state index < -0.39 is 8.32 Å². The van der Waals surface area contributed by atoms with Gasteiger partial charge in [-0.2, -0.15) is 0 Å². The first-order chi connectivity index (χ1) is 14.8. The third kappa shape index (κ3) is 9.15. The second-order valence-electron chi connectivity index (χ2n) is 9.19. The van der Waals surface area contributed by atoms with Gasteiger partial charge in [-0.25, -0.2) is 0 Å². The van der Waals surface area contributed by atoms with Crippen molar-refractivity contribution in [2.45, 2.75) is 43.2 Å². The first kappa shape index (κ1) is 27.4. The molecule has 31 heavy (non-hydrogen) atoms. The van der Waals surface area contributed by atoms with Crippen molar-refractivity contribution in [1.29, 1.82) is 0 Å². The molecular formula is C27H40AlNOSi. The van der Waals surface area contributed by atoms with Gasteiger partial charge in [0, 0.05) is 13.2 Å². The quantitative estimate of drug-likeness (QED) is 0.516. The summed E-state index contributed by atoms with van der Waals surface area (Å²) in [6.45, 7) is 7.96. The van der Waals surface area contributed by atoms with Crippen molar-refractivity contribution in [2.24, 2.45) is 5.73 Å². The topological polar surface area (TPSA) is 35.2 Å². The van der Waals surface area contributed by atoms with Crippen LogP contribution in [0.5, 0.6) is 0 Å². The number of hydrogen-bond donors (Lipinski definition) is 1. The number of hydrogen-bond acceptors (Lipinski definition) is 2. The molecular weight excluding hydrogens is 409 g/mol. The summed E-state index contributed by atoms with van der Waals surface area (Å²) in [5, 5.41) is 2.64. The van der Waals surface area contributed by atoms with Crippen LogP contribution in [-0.2, 0) is 4.43 Å². The summed E-state index contributed by atoms with van der Waals surface area (Å²) in [4.78, 5) is 0. The molecule has 166 valence electrons. The molecule has 0 radical (unpaired) electrons. The Morgan fingerprint density at radius 2 is 0.968 bits per heavy atom. The van der Waals surface area contributed by atoms with E-state index in [2.05, 4.69) is 98.8 Å². The Labute approximate surface area is 196 Å². The SMILES string of the molecule is CC(C)(C)[Si](OCCN)(c1ccccc1)c1ccccc1.[CH3][Al]([CH3])[CH3].c1ccccc1. The number of rotatable bonds is 5. The maximum absolute atomic E-state index is 6.53. The van der Waals surface area contributed by atoms with Gasteiger partial charge >= 0.3 is 0 Å². The molecule has 0 aliphatic carbocycles. The summed E-state index contributed by atoms with van der Waals surface area (Å²) in [5.74, 6) is 6.92. The van der Waals surface area contributed by atoms with Gasteiger partial charge in [0.25, 0.3) is 22.5 Å². The minimum atomic E-state index is -2.35. The van der Waals surface area contributed by atoms with Crippen molar-refractivity contribution in [3.8, 4) is 0 Å². The fourth-order valence-electron chi connectivity index (χ4n) is 3.36. The van der Waals surface area contributed by atoms with Gasteiger partial charge in [0.1, 0.15) is 0 Å². The van der Waals surface area contributed by atoms with Crippen molar-refractivity contribution in [3.05, 3.63) is 97.1 Å². The van der Waals surface area contributed by atoms with Crippen LogP contribution in [0, 0.1) is 0 Å². The van der Waals surface area contributed by atoms with Gasteiger partial charge in [0.2, 0.25) is 0 Å². The minimum absolute atomic E-state index is 0.0326. The molecule has 0 amide bonds. The van der Waals surface area contributed by atoms with E-state index in [1.54, 1.807) is 0 Å².